The molecule has 1 aromatic rings. The molecular formula is C14H20O4. The van der Waals surface area contributed by atoms with E-state index in [1.54, 1.807) is 20.3 Å². The molecule has 0 bridgehead atoms. The molecule has 1 aromatic carbocycles. The second kappa shape index (κ2) is 5.16. The fraction of sp³-hybridized carbons (Fsp3) is 0.571. The SMILES string of the molecule is COc1ccc(C(C)(O)C2CCOC2)c(OC)c1. The molecular weight excluding hydrogens is 232 g/mol. The molecule has 18 heavy (non-hydrogen) atoms. The summed E-state index contributed by atoms with van der Waals surface area (Å²) < 4.78 is 15.9. The third-order valence-electron chi connectivity index (χ3n) is 3.68. The van der Waals surface area contributed by atoms with Crippen LogP contribution >= 0.6 is 0 Å². The van der Waals surface area contributed by atoms with Crippen molar-refractivity contribution in [3.63, 3.8) is 0 Å². The van der Waals surface area contributed by atoms with Gasteiger partial charge in [-0.15, -0.1) is 0 Å². The Balaban J connectivity index is 2.36. The Kier molecular flexibility index (Phi) is 3.78. The second-order valence-corrected chi connectivity index (χ2v) is 4.77. The van der Waals surface area contributed by atoms with Gasteiger partial charge in [-0.1, -0.05) is 0 Å². The van der Waals surface area contributed by atoms with E-state index < -0.39 is 5.60 Å². The van der Waals surface area contributed by atoms with E-state index in [0.717, 1.165) is 12.0 Å². The average Bonchev–Trinajstić information content (AvgIpc) is 2.92. The van der Waals surface area contributed by atoms with E-state index in [1.807, 2.05) is 19.1 Å². The minimum absolute atomic E-state index is 0.0970. The van der Waals surface area contributed by atoms with E-state index in [-0.39, 0.29) is 5.92 Å². The van der Waals surface area contributed by atoms with E-state index in [0.29, 0.717) is 24.7 Å². The topological polar surface area (TPSA) is 47.9 Å². The molecule has 2 atom stereocenters. The van der Waals surface area contributed by atoms with Gasteiger partial charge in [-0.2, -0.15) is 0 Å². The van der Waals surface area contributed by atoms with Crippen molar-refractivity contribution in [2.45, 2.75) is 18.9 Å². The van der Waals surface area contributed by atoms with Crippen LogP contribution in [0.4, 0.5) is 0 Å². The third kappa shape index (κ3) is 2.31. The fourth-order valence-corrected chi connectivity index (χ4v) is 2.41. The Labute approximate surface area is 107 Å². The summed E-state index contributed by atoms with van der Waals surface area (Å²) >= 11 is 0. The molecule has 0 spiro atoms. The summed E-state index contributed by atoms with van der Waals surface area (Å²) in [6.07, 6.45) is 0.863. The molecule has 4 nitrogen and oxygen atoms in total. The maximum absolute atomic E-state index is 10.8. The fourth-order valence-electron chi connectivity index (χ4n) is 2.41. The molecule has 4 heteroatoms. The van der Waals surface area contributed by atoms with Gasteiger partial charge in [-0.25, -0.2) is 0 Å². The van der Waals surface area contributed by atoms with Crippen LogP contribution in [0.3, 0.4) is 0 Å². The van der Waals surface area contributed by atoms with Gasteiger partial charge in [0.15, 0.2) is 0 Å². The molecule has 2 rings (SSSR count). The monoisotopic (exact) mass is 252 g/mol. The van der Waals surface area contributed by atoms with Crippen LogP contribution in [0.1, 0.15) is 18.9 Å². The van der Waals surface area contributed by atoms with Crippen molar-refractivity contribution in [2.75, 3.05) is 27.4 Å². The first kappa shape index (κ1) is 13.2. The Hall–Kier alpha value is -1.26. The molecule has 1 N–H and O–H groups in total. The first-order valence-corrected chi connectivity index (χ1v) is 6.12. The number of hydrogen-bond donors (Lipinski definition) is 1. The second-order valence-electron chi connectivity index (χ2n) is 4.77. The van der Waals surface area contributed by atoms with Crippen LogP contribution in [0.15, 0.2) is 18.2 Å². The number of methoxy groups -OCH3 is 2. The van der Waals surface area contributed by atoms with Crippen LogP contribution in [0.5, 0.6) is 11.5 Å². The summed E-state index contributed by atoms with van der Waals surface area (Å²) in [5.41, 5.74) is -0.171. The van der Waals surface area contributed by atoms with Crippen LogP contribution in [-0.2, 0) is 10.3 Å². The molecule has 1 aliphatic rings. The summed E-state index contributed by atoms with van der Waals surface area (Å²) in [4.78, 5) is 0. The zero-order valence-electron chi connectivity index (χ0n) is 11.1. The summed E-state index contributed by atoms with van der Waals surface area (Å²) in [5, 5.41) is 10.8. The average molecular weight is 252 g/mol. The Morgan fingerprint density at radius 3 is 2.67 bits per heavy atom. The molecule has 100 valence electrons. The van der Waals surface area contributed by atoms with Gasteiger partial charge >= 0.3 is 0 Å². The quantitative estimate of drug-likeness (QED) is 0.889. The highest BCUT2D eigenvalue weighted by atomic mass is 16.5. The first-order chi connectivity index (χ1) is 8.59. The maximum atomic E-state index is 10.8. The number of hydrogen-bond acceptors (Lipinski definition) is 4. The lowest BCUT2D eigenvalue weighted by Gasteiger charge is -2.31. The predicted molar refractivity (Wildman–Crippen MR) is 68.0 cm³/mol. The standard InChI is InChI=1S/C14H20O4/c1-14(15,10-6-7-18-9-10)12-5-4-11(16-2)8-13(12)17-3/h4-5,8,10,15H,6-7,9H2,1-3H3. The number of rotatable bonds is 4. The number of benzene rings is 1. The highest BCUT2D eigenvalue weighted by Gasteiger charge is 2.38. The van der Waals surface area contributed by atoms with Crippen molar-refractivity contribution in [3.8, 4) is 11.5 Å². The Morgan fingerprint density at radius 1 is 1.33 bits per heavy atom. The highest BCUT2D eigenvalue weighted by molar-refractivity contribution is 5.44. The number of aliphatic hydroxyl groups is 1. The van der Waals surface area contributed by atoms with E-state index in [9.17, 15) is 5.11 Å². The van der Waals surface area contributed by atoms with Crippen LogP contribution in [0, 0.1) is 5.92 Å². The van der Waals surface area contributed by atoms with Gasteiger partial charge in [-0.3, -0.25) is 0 Å². The largest absolute Gasteiger partial charge is 0.497 e. The summed E-state index contributed by atoms with van der Waals surface area (Å²) in [7, 11) is 3.21. The molecule has 2 unspecified atom stereocenters. The molecule has 1 aliphatic heterocycles. The van der Waals surface area contributed by atoms with Crippen molar-refractivity contribution in [3.05, 3.63) is 23.8 Å². The Bertz CT molecular complexity index is 408. The van der Waals surface area contributed by atoms with Gasteiger partial charge in [0.1, 0.15) is 11.5 Å². The highest BCUT2D eigenvalue weighted by Crippen LogP contribution is 2.40. The lowest BCUT2D eigenvalue weighted by Crippen LogP contribution is -2.32. The van der Waals surface area contributed by atoms with Gasteiger partial charge < -0.3 is 19.3 Å². The lowest BCUT2D eigenvalue weighted by atomic mass is 9.82. The molecule has 0 radical (unpaired) electrons. The van der Waals surface area contributed by atoms with Crippen LogP contribution in [-0.4, -0.2) is 32.5 Å². The molecule has 0 aliphatic carbocycles. The zero-order valence-corrected chi connectivity index (χ0v) is 11.1. The van der Waals surface area contributed by atoms with E-state index in [2.05, 4.69) is 0 Å². The van der Waals surface area contributed by atoms with Crippen molar-refractivity contribution < 1.29 is 19.3 Å². The van der Waals surface area contributed by atoms with Gasteiger partial charge in [0.25, 0.3) is 0 Å². The van der Waals surface area contributed by atoms with Gasteiger partial charge in [0.2, 0.25) is 0 Å². The summed E-state index contributed by atoms with van der Waals surface area (Å²) in [6.45, 7) is 3.11. The van der Waals surface area contributed by atoms with Gasteiger partial charge in [0.05, 0.1) is 26.4 Å². The third-order valence-corrected chi connectivity index (χ3v) is 3.68. The molecule has 0 saturated carbocycles. The smallest absolute Gasteiger partial charge is 0.128 e. The molecule has 1 heterocycles. The zero-order chi connectivity index (χ0) is 13.2. The van der Waals surface area contributed by atoms with Crippen molar-refractivity contribution in [1.29, 1.82) is 0 Å². The van der Waals surface area contributed by atoms with Gasteiger partial charge in [-0.05, 0) is 25.5 Å². The Morgan fingerprint density at radius 2 is 2.11 bits per heavy atom. The first-order valence-electron chi connectivity index (χ1n) is 6.12. The molecule has 0 aromatic heterocycles. The van der Waals surface area contributed by atoms with Gasteiger partial charge in [0, 0.05) is 24.2 Å². The predicted octanol–water partition coefficient (Wildman–Crippen LogP) is 1.95. The normalized spacial score (nSPS) is 22.6. The maximum Gasteiger partial charge on any atom is 0.128 e. The van der Waals surface area contributed by atoms with E-state index in [1.165, 1.54) is 0 Å². The molecule has 1 fully saturated rings. The van der Waals surface area contributed by atoms with Crippen LogP contribution in [0.25, 0.3) is 0 Å². The molecule has 0 amide bonds. The minimum Gasteiger partial charge on any atom is -0.497 e. The lowest BCUT2D eigenvalue weighted by molar-refractivity contribution is -0.0115. The van der Waals surface area contributed by atoms with Crippen molar-refractivity contribution in [1.82, 2.24) is 0 Å². The van der Waals surface area contributed by atoms with Crippen LogP contribution < -0.4 is 9.47 Å². The molecule has 1 saturated heterocycles. The van der Waals surface area contributed by atoms with E-state index in [4.69, 9.17) is 14.2 Å². The number of ether oxygens (including phenoxy) is 3. The van der Waals surface area contributed by atoms with Crippen molar-refractivity contribution >= 4 is 0 Å². The van der Waals surface area contributed by atoms with Crippen LogP contribution in [0.2, 0.25) is 0 Å². The van der Waals surface area contributed by atoms with E-state index >= 15 is 0 Å². The summed E-state index contributed by atoms with van der Waals surface area (Å²) in [6, 6.07) is 5.48. The minimum atomic E-state index is -0.950. The van der Waals surface area contributed by atoms with Crippen molar-refractivity contribution in [2.24, 2.45) is 5.92 Å². The summed E-state index contributed by atoms with van der Waals surface area (Å²) in [5.74, 6) is 1.46.